The second-order valence-corrected chi connectivity index (χ2v) is 8.07. The average molecular weight is 324 g/mol. The number of ether oxygens (including phenoxy) is 1. The van der Waals surface area contributed by atoms with Crippen LogP contribution in [0.5, 0.6) is 5.75 Å². The van der Waals surface area contributed by atoms with E-state index in [0.717, 1.165) is 5.69 Å². The Balaban J connectivity index is 1.67. The lowest BCUT2D eigenvalue weighted by Crippen LogP contribution is -2.30. The molecule has 1 saturated heterocycles. The van der Waals surface area contributed by atoms with E-state index in [9.17, 15) is 8.42 Å². The Morgan fingerprint density at radius 3 is 2.90 bits per heavy atom. The van der Waals surface area contributed by atoms with Crippen LogP contribution in [0, 0.1) is 6.92 Å². The molecule has 0 aliphatic carbocycles. The first-order chi connectivity index (χ1) is 10.1. The van der Waals surface area contributed by atoms with E-state index in [-0.39, 0.29) is 6.10 Å². The van der Waals surface area contributed by atoms with Gasteiger partial charge in [0.25, 0.3) is 10.0 Å². The lowest BCUT2D eigenvalue weighted by atomic mass is 10.3. The van der Waals surface area contributed by atoms with Crippen LogP contribution in [0.2, 0.25) is 0 Å². The number of thiophene rings is 1. The molecule has 3 rings (SSSR count). The molecule has 0 radical (unpaired) electrons. The van der Waals surface area contributed by atoms with Gasteiger partial charge < -0.3 is 4.74 Å². The third kappa shape index (κ3) is 3.09. The summed E-state index contributed by atoms with van der Waals surface area (Å²) in [5.41, 5.74) is 0.927. The fourth-order valence-electron chi connectivity index (χ4n) is 2.27. The second-order valence-electron chi connectivity index (χ2n) is 4.96. The quantitative estimate of drug-likeness (QED) is 0.866. The molecule has 0 bridgehead atoms. The van der Waals surface area contributed by atoms with E-state index in [1.54, 1.807) is 23.7 Å². The highest BCUT2D eigenvalue weighted by molar-refractivity contribution is 7.91. The maximum Gasteiger partial charge on any atom is 0.252 e. The third-order valence-electron chi connectivity index (χ3n) is 3.38. The molecular weight excluding hydrogens is 308 g/mol. The molecule has 0 unspecified atom stereocenters. The molecule has 0 amide bonds. The van der Waals surface area contributed by atoms with Crippen molar-refractivity contribution >= 4 is 21.4 Å². The molecule has 112 valence electrons. The van der Waals surface area contributed by atoms with E-state index in [4.69, 9.17) is 4.74 Å². The minimum atomic E-state index is -3.37. The molecule has 2 aromatic rings. The predicted molar refractivity (Wildman–Crippen MR) is 81.1 cm³/mol. The molecule has 5 nitrogen and oxygen atoms in total. The number of rotatable bonds is 4. The number of sulfonamides is 1. The van der Waals surface area contributed by atoms with Crippen molar-refractivity contribution in [2.75, 3.05) is 13.1 Å². The van der Waals surface area contributed by atoms with Gasteiger partial charge in [-0.2, -0.15) is 4.31 Å². The highest BCUT2D eigenvalue weighted by atomic mass is 32.2. The summed E-state index contributed by atoms with van der Waals surface area (Å²) in [6, 6.07) is 7.13. The van der Waals surface area contributed by atoms with Crippen LogP contribution in [0.3, 0.4) is 0 Å². The summed E-state index contributed by atoms with van der Waals surface area (Å²) in [4.78, 5) is 4.17. The number of hydrogen-bond donors (Lipinski definition) is 0. The molecule has 1 atom stereocenters. The van der Waals surface area contributed by atoms with E-state index in [0.29, 0.717) is 29.5 Å². The van der Waals surface area contributed by atoms with Crippen LogP contribution in [0.1, 0.15) is 12.1 Å². The number of aromatic nitrogens is 1. The molecular formula is C14H16N2O3S2. The highest BCUT2D eigenvalue weighted by Gasteiger charge is 2.34. The van der Waals surface area contributed by atoms with E-state index in [1.165, 1.54) is 15.6 Å². The Labute approximate surface area is 128 Å². The molecule has 0 N–H and O–H groups in total. The summed E-state index contributed by atoms with van der Waals surface area (Å²) in [6.07, 6.45) is 2.24. The minimum absolute atomic E-state index is 0.121. The van der Waals surface area contributed by atoms with Crippen LogP contribution in [0.25, 0.3) is 0 Å². The summed E-state index contributed by atoms with van der Waals surface area (Å²) in [6.45, 7) is 2.78. The largest absolute Gasteiger partial charge is 0.487 e. The van der Waals surface area contributed by atoms with Crippen molar-refractivity contribution in [3.63, 3.8) is 0 Å². The van der Waals surface area contributed by atoms with E-state index >= 15 is 0 Å². The number of pyridine rings is 1. The van der Waals surface area contributed by atoms with Crippen molar-refractivity contribution in [1.82, 2.24) is 9.29 Å². The molecule has 1 fully saturated rings. The van der Waals surface area contributed by atoms with Crippen molar-refractivity contribution in [3.8, 4) is 5.75 Å². The average Bonchev–Trinajstić information content (AvgIpc) is 3.12. The van der Waals surface area contributed by atoms with Crippen LogP contribution in [-0.2, 0) is 10.0 Å². The van der Waals surface area contributed by atoms with Crippen LogP contribution >= 0.6 is 11.3 Å². The molecule has 7 heteroatoms. The van der Waals surface area contributed by atoms with Gasteiger partial charge in [-0.3, -0.25) is 4.98 Å². The van der Waals surface area contributed by atoms with E-state index in [2.05, 4.69) is 4.98 Å². The van der Waals surface area contributed by atoms with Crippen LogP contribution < -0.4 is 4.74 Å². The van der Waals surface area contributed by atoms with Crippen molar-refractivity contribution in [3.05, 3.63) is 41.5 Å². The number of aryl methyl sites for hydroxylation is 1. The number of hydrogen-bond acceptors (Lipinski definition) is 5. The molecule has 0 saturated carbocycles. The fourth-order valence-corrected chi connectivity index (χ4v) is 4.90. The van der Waals surface area contributed by atoms with Gasteiger partial charge in [0.1, 0.15) is 16.1 Å². The zero-order valence-corrected chi connectivity index (χ0v) is 13.2. The van der Waals surface area contributed by atoms with E-state index < -0.39 is 10.0 Å². The normalized spacial score (nSPS) is 19.8. The third-order valence-corrected chi connectivity index (χ3v) is 6.62. The Morgan fingerprint density at radius 1 is 1.38 bits per heavy atom. The van der Waals surface area contributed by atoms with Gasteiger partial charge in [0.2, 0.25) is 0 Å². The zero-order chi connectivity index (χ0) is 14.9. The smallest absolute Gasteiger partial charge is 0.252 e. The Bertz CT molecular complexity index is 696. The first-order valence-electron chi connectivity index (χ1n) is 6.69. The SMILES string of the molecule is Cc1ccc(O[C@H]2CCN(S(=O)(=O)c3cccs3)C2)cn1. The monoisotopic (exact) mass is 324 g/mol. The summed E-state index contributed by atoms with van der Waals surface area (Å²) in [5, 5.41) is 1.77. The summed E-state index contributed by atoms with van der Waals surface area (Å²) in [7, 11) is -3.37. The Morgan fingerprint density at radius 2 is 2.24 bits per heavy atom. The minimum Gasteiger partial charge on any atom is -0.487 e. The Kier molecular flexibility index (Phi) is 3.97. The molecule has 0 aromatic carbocycles. The van der Waals surface area contributed by atoms with Gasteiger partial charge in [0.05, 0.1) is 12.7 Å². The second kappa shape index (κ2) is 5.75. The summed E-state index contributed by atoms with van der Waals surface area (Å²) < 4.78 is 32.5. The topological polar surface area (TPSA) is 59.5 Å². The van der Waals surface area contributed by atoms with Gasteiger partial charge in [-0.05, 0) is 36.9 Å². The standard InChI is InChI=1S/C14H16N2O3S2/c1-11-4-5-12(9-15-11)19-13-6-7-16(10-13)21(17,18)14-3-2-8-20-14/h2-5,8-9,13H,6-7,10H2,1H3/t13-/m0/s1. The molecule has 0 spiro atoms. The first-order valence-corrected chi connectivity index (χ1v) is 9.00. The molecule has 2 aromatic heterocycles. The van der Waals surface area contributed by atoms with Gasteiger partial charge in [-0.15, -0.1) is 11.3 Å². The van der Waals surface area contributed by atoms with Gasteiger partial charge in [0, 0.05) is 12.2 Å². The maximum absolute atomic E-state index is 12.4. The van der Waals surface area contributed by atoms with Gasteiger partial charge in [0.15, 0.2) is 0 Å². The summed E-state index contributed by atoms with van der Waals surface area (Å²) >= 11 is 1.24. The van der Waals surface area contributed by atoms with Gasteiger partial charge in [-0.25, -0.2) is 8.42 Å². The van der Waals surface area contributed by atoms with Crippen molar-refractivity contribution in [1.29, 1.82) is 0 Å². The number of nitrogens with zero attached hydrogens (tertiary/aromatic N) is 2. The van der Waals surface area contributed by atoms with Crippen LogP contribution in [0.4, 0.5) is 0 Å². The van der Waals surface area contributed by atoms with E-state index in [1.807, 2.05) is 19.1 Å². The first kappa shape index (κ1) is 14.5. The van der Waals surface area contributed by atoms with Crippen molar-refractivity contribution < 1.29 is 13.2 Å². The van der Waals surface area contributed by atoms with Gasteiger partial charge in [-0.1, -0.05) is 6.07 Å². The molecule has 21 heavy (non-hydrogen) atoms. The van der Waals surface area contributed by atoms with Crippen molar-refractivity contribution in [2.45, 2.75) is 23.7 Å². The van der Waals surface area contributed by atoms with Gasteiger partial charge >= 0.3 is 0 Å². The maximum atomic E-state index is 12.4. The Hall–Kier alpha value is -1.44. The zero-order valence-electron chi connectivity index (χ0n) is 11.6. The lowest BCUT2D eigenvalue weighted by Gasteiger charge is -2.16. The van der Waals surface area contributed by atoms with Crippen LogP contribution in [0.15, 0.2) is 40.1 Å². The predicted octanol–water partition coefficient (Wildman–Crippen LogP) is 2.29. The van der Waals surface area contributed by atoms with Crippen molar-refractivity contribution in [2.24, 2.45) is 0 Å². The molecule has 3 heterocycles. The fraction of sp³-hybridized carbons (Fsp3) is 0.357. The molecule has 1 aliphatic rings. The molecule has 1 aliphatic heterocycles. The lowest BCUT2D eigenvalue weighted by molar-refractivity contribution is 0.214. The summed E-state index contributed by atoms with van der Waals surface area (Å²) in [5.74, 6) is 0.681. The van der Waals surface area contributed by atoms with Crippen LogP contribution in [-0.4, -0.2) is 36.9 Å². The highest BCUT2D eigenvalue weighted by Crippen LogP contribution is 2.26.